The van der Waals surface area contributed by atoms with Gasteiger partial charge in [0.1, 0.15) is 12.3 Å². The SMILES string of the molecule is COc1ccccc1N(CC(=O)NC1CCCC1)C(=O)CCC(=O)Nc1nc(C)cs1. The van der Waals surface area contributed by atoms with Crippen molar-refractivity contribution in [3.05, 3.63) is 35.3 Å². The molecule has 1 aliphatic carbocycles. The quantitative estimate of drug-likeness (QED) is 0.618. The fraction of sp³-hybridized carbons (Fsp3) is 0.455. The van der Waals surface area contributed by atoms with Crippen LogP contribution in [0.1, 0.15) is 44.2 Å². The van der Waals surface area contributed by atoms with Crippen molar-refractivity contribution in [1.82, 2.24) is 10.3 Å². The van der Waals surface area contributed by atoms with Gasteiger partial charge in [0.05, 0.1) is 18.5 Å². The Balaban J connectivity index is 1.66. The predicted molar refractivity (Wildman–Crippen MR) is 120 cm³/mol. The summed E-state index contributed by atoms with van der Waals surface area (Å²) in [5.41, 5.74) is 1.33. The summed E-state index contributed by atoms with van der Waals surface area (Å²) in [4.78, 5) is 43.5. The van der Waals surface area contributed by atoms with Crippen molar-refractivity contribution < 1.29 is 19.1 Å². The van der Waals surface area contributed by atoms with E-state index in [0.29, 0.717) is 16.6 Å². The molecule has 1 aromatic heterocycles. The van der Waals surface area contributed by atoms with Gasteiger partial charge in [-0.3, -0.25) is 19.3 Å². The molecule has 0 saturated heterocycles. The Morgan fingerprint density at radius 3 is 2.58 bits per heavy atom. The molecule has 2 aromatic rings. The van der Waals surface area contributed by atoms with E-state index in [2.05, 4.69) is 15.6 Å². The summed E-state index contributed by atoms with van der Waals surface area (Å²) in [6, 6.07) is 7.21. The molecule has 2 N–H and O–H groups in total. The number of anilines is 2. The minimum atomic E-state index is -0.323. The number of amides is 3. The van der Waals surface area contributed by atoms with Gasteiger partial charge >= 0.3 is 0 Å². The predicted octanol–water partition coefficient (Wildman–Crippen LogP) is 3.27. The number of methoxy groups -OCH3 is 1. The average Bonchev–Trinajstić information content (AvgIpc) is 3.41. The number of hydrogen-bond acceptors (Lipinski definition) is 6. The van der Waals surface area contributed by atoms with Crippen molar-refractivity contribution in [2.45, 2.75) is 51.5 Å². The molecule has 1 aliphatic rings. The molecule has 9 heteroatoms. The van der Waals surface area contributed by atoms with Crippen LogP contribution in [0.5, 0.6) is 5.75 Å². The van der Waals surface area contributed by atoms with E-state index < -0.39 is 0 Å². The number of rotatable bonds is 9. The first kappa shape index (κ1) is 22.7. The number of aromatic nitrogens is 1. The molecule has 166 valence electrons. The normalized spacial score (nSPS) is 13.6. The lowest BCUT2D eigenvalue weighted by Crippen LogP contribution is -2.44. The highest BCUT2D eigenvalue weighted by Crippen LogP contribution is 2.28. The van der Waals surface area contributed by atoms with Crippen molar-refractivity contribution >= 4 is 39.9 Å². The number of benzene rings is 1. The van der Waals surface area contributed by atoms with Crippen LogP contribution in [-0.4, -0.2) is 42.4 Å². The van der Waals surface area contributed by atoms with Crippen LogP contribution in [0, 0.1) is 6.92 Å². The van der Waals surface area contributed by atoms with Gasteiger partial charge in [0.15, 0.2) is 5.13 Å². The van der Waals surface area contributed by atoms with Gasteiger partial charge in [-0.1, -0.05) is 25.0 Å². The zero-order chi connectivity index (χ0) is 22.2. The third kappa shape index (κ3) is 6.52. The van der Waals surface area contributed by atoms with Crippen LogP contribution in [0.4, 0.5) is 10.8 Å². The topological polar surface area (TPSA) is 101 Å². The van der Waals surface area contributed by atoms with Crippen molar-refractivity contribution in [1.29, 1.82) is 0 Å². The number of para-hydroxylation sites is 2. The number of carbonyl (C=O) groups excluding carboxylic acids is 3. The van der Waals surface area contributed by atoms with Crippen molar-refractivity contribution in [2.75, 3.05) is 23.9 Å². The van der Waals surface area contributed by atoms with Crippen LogP contribution in [0.25, 0.3) is 0 Å². The van der Waals surface area contributed by atoms with E-state index in [1.807, 2.05) is 12.3 Å². The monoisotopic (exact) mass is 444 g/mol. The summed E-state index contributed by atoms with van der Waals surface area (Å²) >= 11 is 1.34. The van der Waals surface area contributed by atoms with Gasteiger partial charge in [0, 0.05) is 24.3 Å². The molecule has 31 heavy (non-hydrogen) atoms. The Bertz CT molecular complexity index is 924. The zero-order valence-electron chi connectivity index (χ0n) is 17.8. The molecule has 0 atom stereocenters. The molecular weight excluding hydrogens is 416 g/mol. The number of aryl methyl sites for hydroxylation is 1. The van der Waals surface area contributed by atoms with Gasteiger partial charge in [-0.2, -0.15) is 0 Å². The molecule has 1 heterocycles. The Morgan fingerprint density at radius 1 is 1.16 bits per heavy atom. The maximum atomic E-state index is 13.0. The van der Waals surface area contributed by atoms with Gasteiger partial charge in [0.25, 0.3) is 0 Å². The first-order chi connectivity index (χ1) is 15.0. The third-order valence-electron chi connectivity index (χ3n) is 5.13. The Hall–Kier alpha value is -2.94. The van der Waals surface area contributed by atoms with Gasteiger partial charge in [-0.25, -0.2) is 4.98 Å². The Morgan fingerprint density at radius 2 is 1.90 bits per heavy atom. The summed E-state index contributed by atoms with van der Waals surface area (Å²) < 4.78 is 5.39. The molecule has 1 fully saturated rings. The van der Waals surface area contributed by atoms with Gasteiger partial charge in [-0.05, 0) is 31.9 Å². The lowest BCUT2D eigenvalue weighted by Gasteiger charge is -2.25. The lowest BCUT2D eigenvalue weighted by atomic mass is 10.2. The molecule has 0 unspecified atom stereocenters. The van der Waals surface area contributed by atoms with Crippen LogP contribution in [0.2, 0.25) is 0 Å². The molecule has 0 bridgehead atoms. The van der Waals surface area contributed by atoms with Gasteiger partial charge < -0.3 is 15.4 Å². The smallest absolute Gasteiger partial charge is 0.240 e. The molecule has 3 rings (SSSR count). The molecule has 3 amide bonds. The highest BCUT2D eigenvalue weighted by molar-refractivity contribution is 7.13. The molecule has 1 saturated carbocycles. The van der Waals surface area contributed by atoms with E-state index in [1.54, 1.807) is 24.3 Å². The molecule has 1 aromatic carbocycles. The highest BCUT2D eigenvalue weighted by atomic mass is 32.1. The van der Waals surface area contributed by atoms with E-state index in [0.717, 1.165) is 31.4 Å². The minimum Gasteiger partial charge on any atom is -0.495 e. The first-order valence-electron chi connectivity index (χ1n) is 10.4. The van der Waals surface area contributed by atoms with E-state index in [-0.39, 0.29) is 43.1 Å². The molecule has 0 radical (unpaired) electrons. The van der Waals surface area contributed by atoms with Crippen LogP contribution in [-0.2, 0) is 14.4 Å². The van der Waals surface area contributed by atoms with Crippen molar-refractivity contribution in [2.24, 2.45) is 0 Å². The summed E-state index contributed by atoms with van der Waals surface area (Å²) in [6.45, 7) is 1.72. The van der Waals surface area contributed by atoms with Crippen LogP contribution < -0.4 is 20.3 Å². The second kappa shape index (κ2) is 10.9. The summed E-state index contributed by atoms with van der Waals surface area (Å²) in [5.74, 6) is -0.337. The molecule has 0 spiro atoms. The largest absolute Gasteiger partial charge is 0.495 e. The average molecular weight is 445 g/mol. The van der Waals surface area contributed by atoms with Gasteiger partial charge in [0.2, 0.25) is 17.7 Å². The zero-order valence-corrected chi connectivity index (χ0v) is 18.7. The number of hydrogen-bond donors (Lipinski definition) is 2. The van der Waals surface area contributed by atoms with Crippen LogP contribution >= 0.6 is 11.3 Å². The van der Waals surface area contributed by atoms with Crippen LogP contribution in [0.15, 0.2) is 29.6 Å². The lowest BCUT2D eigenvalue weighted by molar-refractivity contribution is -0.125. The number of carbonyl (C=O) groups is 3. The maximum absolute atomic E-state index is 13.0. The Labute approximate surface area is 186 Å². The number of nitrogens with one attached hydrogen (secondary N) is 2. The summed E-state index contributed by atoms with van der Waals surface area (Å²) in [7, 11) is 1.52. The van der Waals surface area contributed by atoms with Gasteiger partial charge in [-0.15, -0.1) is 11.3 Å². The van der Waals surface area contributed by atoms with Crippen molar-refractivity contribution in [3.63, 3.8) is 0 Å². The first-order valence-corrected chi connectivity index (χ1v) is 11.3. The third-order valence-corrected chi connectivity index (χ3v) is 6.01. The second-order valence-electron chi connectivity index (χ2n) is 7.54. The Kier molecular flexibility index (Phi) is 8.00. The maximum Gasteiger partial charge on any atom is 0.240 e. The summed E-state index contributed by atoms with van der Waals surface area (Å²) in [5, 5.41) is 8.06. The summed E-state index contributed by atoms with van der Waals surface area (Å²) in [6.07, 6.45) is 4.09. The van der Waals surface area contributed by atoms with E-state index in [4.69, 9.17) is 4.74 Å². The van der Waals surface area contributed by atoms with Crippen LogP contribution in [0.3, 0.4) is 0 Å². The number of nitrogens with zero attached hydrogens (tertiary/aromatic N) is 2. The van der Waals surface area contributed by atoms with Crippen molar-refractivity contribution in [3.8, 4) is 5.75 Å². The molecular formula is C22H28N4O4S. The fourth-order valence-electron chi connectivity index (χ4n) is 3.60. The molecule has 0 aliphatic heterocycles. The van der Waals surface area contributed by atoms with E-state index in [1.165, 1.54) is 23.3 Å². The highest BCUT2D eigenvalue weighted by Gasteiger charge is 2.25. The number of ether oxygens (including phenoxy) is 1. The standard InChI is InChI=1S/C22H28N4O4S/c1-15-14-31-22(23-15)25-19(27)11-12-21(29)26(17-9-5-6-10-18(17)30-2)13-20(28)24-16-7-3-4-8-16/h5-6,9-10,14,16H,3-4,7-8,11-13H2,1-2H3,(H,24,28)(H,23,25,27). The molecule has 8 nitrogen and oxygen atoms in total. The second-order valence-corrected chi connectivity index (χ2v) is 8.40. The minimum absolute atomic E-state index is 0.00659. The fourth-order valence-corrected chi connectivity index (χ4v) is 4.30. The van der Waals surface area contributed by atoms with E-state index in [9.17, 15) is 14.4 Å². The number of thiazole rings is 1. The van der Waals surface area contributed by atoms with E-state index >= 15 is 0 Å².